The number of carbonyl (C=O) groups is 1. The SMILES string of the molecule is CC(=O)Nc1ccccc1CN1CCO[C@H](c2nc(C)cs2)C1. The summed E-state index contributed by atoms with van der Waals surface area (Å²) in [5.74, 6) is -0.0458. The summed E-state index contributed by atoms with van der Waals surface area (Å²) in [5, 5.41) is 6.01. The number of benzene rings is 1. The Hall–Kier alpha value is -1.76. The molecule has 1 aliphatic heterocycles. The van der Waals surface area contributed by atoms with Gasteiger partial charge in [0.2, 0.25) is 5.91 Å². The van der Waals surface area contributed by atoms with Gasteiger partial charge >= 0.3 is 0 Å². The summed E-state index contributed by atoms with van der Waals surface area (Å²) < 4.78 is 5.88. The molecular formula is C17H21N3O2S. The number of hydrogen-bond acceptors (Lipinski definition) is 5. The molecule has 1 N–H and O–H groups in total. The van der Waals surface area contributed by atoms with E-state index in [1.807, 2.05) is 25.1 Å². The lowest BCUT2D eigenvalue weighted by Crippen LogP contribution is -2.38. The van der Waals surface area contributed by atoms with Crippen molar-refractivity contribution < 1.29 is 9.53 Å². The Bertz CT molecular complexity index is 686. The molecule has 1 aromatic heterocycles. The van der Waals surface area contributed by atoms with Gasteiger partial charge in [0, 0.05) is 43.3 Å². The van der Waals surface area contributed by atoms with Gasteiger partial charge in [-0.25, -0.2) is 4.98 Å². The van der Waals surface area contributed by atoms with Crippen LogP contribution in [-0.2, 0) is 16.1 Å². The van der Waals surface area contributed by atoms with E-state index < -0.39 is 0 Å². The first-order valence-electron chi connectivity index (χ1n) is 7.73. The van der Waals surface area contributed by atoms with Crippen molar-refractivity contribution in [1.29, 1.82) is 0 Å². The van der Waals surface area contributed by atoms with Crippen LogP contribution in [-0.4, -0.2) is 35.5 Å². The molecule has 0 unspecified atom stereocenters. The number of para-hydroxylation sites is 1. The maximum atomic E-state index is 11.3. The number of ether oxygens (including phenoxy) is 1. The molecule has 122 valence electrons. The second kappa shape index (κ2) is 7.21. The fraction of sp³-hybridized carbons (Fsp3) is 0.412. The number of rotatable bonds is 4. The van der Waals surface area contributed by atoms with E-state index in [1.54, 1.807) is 11.3 Å². The van der Waals surface area contributed by atoms with Gasteiger partial charge in [-0.15, -0.1) is 11.3 Å². The standard InChI is InChI=1S/C17H21N3O2S/c1-12-11-23-17(18-12)16-10-20(7-8-22-16)9-14-5-3-4-6-15(14)19-13(2)21/h3-6,11,16H,7-10H2,1-2H3,(H,19,21)/t16-/m0/s1. The number of amides is 1. The van der Waals surface area contributed by atoms with Crippen molar-refractivity contribution in [2.24, 2.45) is 0 Å². The van der Waals surface area contributed by atoms with E-state index in [4.69, 9.17) is 4.74 Å². The minimum absolute atomic E-state index is 0.0374. The number of aromatic nitrogens is 1. The van der Waals surface area contributed by atoms with Crippen LogP contribution in [0.15, 0.2) is 29.6 Å². The normalized spacial score (nSPS) is 18.8. The lowest BCUT2D eigenvalue weighted by Gasteiger charge is -2.32. The van der Waals surface area contributed by atoms with Gasteiger partial charge in [-0.3, -0.25) is 9.69 Å². The fourth-order valence-electron chi connectivity index (χ4n) is 2.73. The average Bonchev–Trinajstić information content (AvgIpc) is 2.96. The van der Waals surface area contributed by atoms with Crippen LogP contribution in [0.1, 0.15) is 29.3 Å². The molecule has 1 amide bonds. The van der Waals surface area contributed by atoms with Crippen LogP contribution in [0.4, 0.5) is 5.69 Å². The minimum Gasteiger partial charge on any atom is -0.368 e. The Balaban J connectivity index is 1.69. The van der Waals surface area contributed by atoms with Crippen LogP contribution in [0.2, 0.25) is 0 Å². The number of nitrogens with zero attached hydrogens (tertiary/aromatic N) is 2. The van der Waals surface area contributed by atoms with Gasteiger partial charge in [0.15, 0.2) is 0 Å². The Morgan fingerprint density at radius 3 is 3.04 bits per heavy atom. The van der Waals surface area contributed by atoms with E-state index in [0.29, 0.717) is 6.61 Å². The van der Waals surface area contributed by atoms with Crippen molar-refractivity contribution in [3.63, 3.8) is 0 Å². The van der Waals surface area contributed by atoms with Gasteiger partial charge < -0.3 is 10.1 Å². The molecule has 6 heteroatoms. The summed E-state index contributed by atoms with van der Waals surface area (Å²) in [6, 6.07) is 7.94. The third-order valence-electron chi connectivity index (χ3n) is 3.78. The lowest BCUT2D eigenvalue weighted by molar-refractivity contribution is -0.114. The number of carbonyl (C=O) groups excluding carboxylic acids is 1. The zero-order chi connectivity index (χ0) is 16.2. The van der Waals surface area contributed by atoms with Gasteiger partial charge in [0.25, 0.3) is 0 Å². The third kappa shape index (κ3) is 4.16. The first-order chi connectivity index (χ1) is 11.1. The van der Waals surface area contributed by atoms with Gasteiger partial charge in [-0.2, -0.15) is 0 Å². The smallest absolute Gasteiger partial charge is 0.221 e. The fourth-order valence-corrected chi connectivity index (χ4v) is 3.56. The predicted molar refractivity (Wildman–Crippen MR) is 91.6 cm³/mol. The summed E-state index contributed by atoms with van der Waals surface area (Å²) in [6.07, 6.45) is 0.0374. The second-order valence-corrected chi connectivity index (χ2v) is 6.65. The third-order valence-corrected chi connectivity index (χ3v) is 4.84. The van der Waals surface area contributed by atoms with Gasteiger partial charge in [-0.05, 0) is 18.6 Å². The number of nitrogens with one attached hydrogen (secondary N) is 1. The number of morpholine rings is 1. The summed E-state index contributed by atoms with van der Waals surface area (Å²) >= 11 is 1.66. The number of thiazole rings is 1. The van der Waals surface area contributed by atoms with Crippen molar-refractivity contribution in [3.8, 4) is 0 Å². The van der Waals surface area contributed by atoms with Gasteiger partial charge in [-0.1, -0.05) is 18.2 Å². The first kappa shape index (κ1) is 16.1. The molecule has 1 fully saturated rings. The summed E-state index contributed by atoms with van der Waals surface area (Å²) in [6.45, 7) is 6.74. The lowest BCUT2D eigenvalue weighted by atomic mass is 10.1. The quantitative estimate of drug-likeness (QED) is 0.936. The van der Waals surface area contributed by atoms with E-state index in [9.17, 15) is 4.79 Å². The maximum absolute atomic E-state index is 11.3. The highest BCUT2D eigenvalue weighted by Crippen LogP contribution is 2.27. The maximum Gasteiger partial charge on any atom is 0.221 e. The molecule has 1 atom stereocenters. The van der Waals surface area contributed by atoms with Gasteiger partial charge in [0.1, 0.15) is 11.1 Å². The second-order valence-electron chi connectivity index (χ2n) is 5.76. The van der Waals surface area contributed by atoms with E-state index >= 15 is 0 Å². The van der Waals surface area contributed by atoms with Crippen LogP contribution >= 0.6 is 11.3 Å². The van der Waals surface area contributed by atoms with Crippen molar-refractivity contribution in [3.05, 3.63) is 45.9 Å². The molecule has 1 aromatic carbocycles. The summed E-state index contributed by atoms with van der Waals surface area (Å²) in [5.41, 5.74) is 3.05. The highest BCUT2D eigenvalue weighted by Gasteiger charge is 2.24. The molecule has 0 saturated carbocycles. The van der Waals surface area contributed by atoms with E-state index in [2.05, 4.69) is 26.6 Å². The molecule has 1 aliphatic rings. The largest absolute Gasteiger partial charge is 0.368 e. The highest BCUT2D eigenvalue weighted by atomic mass is 32.1. The zero-order valence-corrected chi connectivity index (χ0v) is 14.2. The summed E-state index contributed by atoms with van der Waals surface area (Å²) in [4.78, 5) is 18.2. The van der Waals surface area contributed by atoms with Crippen LogP contribution in [0.3, 0.4) is 0 Å². The number of anilines is 1. The van der Waals surface area contributed by atoms with Crippen LogP contribution in [0.5, 0.6) is 0 Å². The predicted octanol–water partition coefficient (Wildman–Crippen LogP) is 2.98. The van der Waals surface area contributed by atoms with Crippen molar-refractivity contribution >= 4 is 22.9 Å². The van der Waals surface area contributed by atoms with Gasteiger partial charge in [0.05, 0.1) is 6.61 Å². The molecule has 0 radical (unpaired) electrons. The molecule has 2 heterocycles. The van der Waals surface area contributed by atoms with Crippen molar-refractivity contribution in [2.45, 2.75) is 26.5 Å². The van der Waals surface area contributed by atoms with Crippen LogP contribution < -0.4 is 5.32 Å². The first-order valence-corrected chi connectivity index (χ1v) is 8.61. The molecule has 0 bridgehead atoms. The van der Waals surface area contributed by atoms with E-state index in [0.717, 1.165) is 41.6 Å². The Morgan fingerprint density at radius 2 is 2.30 bits per heavy atom. The Kier molecular flexibility index (Phi) is 5.05. The summed E-state index contributed by atoms with van der Waals surface area (Å²) in [7, 11) is 0. The molecular weight excluding hydrogens is 310 g/mol. The van der Waals surface area contributed by atoms with E-state index in [1.165, 1.54) is 6.92 Å². The monoisotopic (exact) mass is 331 g/mol. The molecule has 0 spiro atoms. The van der Waals surface area contributed by atoms with Crippen LogP contribution in [0, 0.1) is 6.92 Å². The topological polar surface area (TPSA) is 54.5 Å². The van der Waals surface area contributed by atoms with Crippen LogP contribution in [0.25, 0.3) is 0 Å². The molecule has 5 nitrogen and oxygen atoms in total. The molecule has 0 aliphatic carbocycles. The molecule has 23 heavy (non-hydrogen) atoms. The number of aryl methyl sites for hydroxylation is 1. The van der Waals surface area contributed by atoms with E-state index in [-0.39, 0.29) is 12.0 Å². The Labute approximate surface area is 140 Å². The average molecular weight is 331 g/mol. The highest BCUT2D eigenvalue weighted by molar-refractivity contribution is 7.09. The van der Waals surface area contributed by atoms with Crippen molar-refractivity contribution in [2.75, 3.05) is 25.0 Å². The molecule has 3 rings (SSSR count). The van der Waals surface area contributed by atoms with Crippen molar-refractivity contribution in [1.82, 2.24) is 9.88 Å². The zero-order valence-electron chi connectivity index (χ0n) is 13.4. The molecule has 1 saturated heterocycles. The minimum atomic E-state index is -0.0458. The molecule has 2 aromatic rings. The Morgan fingerprint density at radius 1 is 1.48 bits per heavy atom. The number of hydrogen-bond donors (Lipinski definition) is 1.